The summed E-state index contributed by atoms with van der Waals surface area (Å²) >= 11 is 0. The first-order valence-corrected chi connectivity index (χ1v) is 7.72. The number of anilines is 1. The summed E-state index contributed by atoms with van der Waals surface area (Å²) in [5.74, 6) is 0.242. The lowest BCUT2D eigenvalue weighted by molar-refractivity contribution is -0.137. The zero-order valence-corrected chi connectivity index (χ0v) is 12.7. The van der Waals surface area contributed by atoms with Gasteiger partial charge in [0.2, 0.25) is 5.91 Å². The molecule has 0 aliphatic carbocycles. The van der Waals surface area contributed by atoms with Gasteiger partial charge in [0.25, 0.3) is 0 Å². The highest BCUT2D eigenvalue weighted by atomic mass is 19.4. The molecule has 0 saturated carbocycles. The summed E-state index contributed by atoms with van der Waals surface area (Å²) in [5.41, 5.74) is 3.73. The number of carbonyl (C=O) groups excluding carboxylic acids is 1. The molecule has 2 aromatic rings. The fraction of sp³-hybridized carbons (Fsp3) is 0.278. The van der Waals surface area contributed by atoms with Crippen LogP contribution < -0.4 is 10.1 Å². The Hall–Kier alpha value is -2.50. The molecule has 2 aromatic carbocycles. The van der Waals surface area contributed by atoms with Gasteiger partial charge in [0.15, 0.2) is 0 Å². The van der Waals surface area contributed by atoms with E-state index in [4.69, 9.17) is 4.74 Å². The maximum atomic E-state index is 12.9. The largest absolute Gasteiger partial charge is 0.493 e. The summed E-state index contributed by atoms with van der Waals surface area (Å²) in [6.07, 6.45) is -2.73. The van der Waals surface area contributed by atoms with Crippen LogP contribution in [0.5, 0.6) is 5.75 Å². The minimum Gasteiger partial charge on any atom is -0.493 e. The predicted molar refractivity (Wildman–Crippen MR) is 83.0 cm³/mol. The number of alkyl halides is 3. The van der Waals surface area contributed by atoms with Gasteiger partial charge in [-0.2, -0.15) is 13.2 Å². The van der Waals surface area contributed by atoms with Crippen molar-refractivity contribution >= 4 is 11.6 Å². The van der Waals surface area contributed by atoms with Crippen molar-refractivity contribution in [2.24, 2.45) is 0 Å². The van der Waals surface area contributed by atoms with Crippen LogP contribution in [0.3, 0.4) is 0 Å². The van der Waals surface area contributed by atoms with E-state index in [2.05, 4.69) is 5.32 Å². The number of halogens is 3. The molecule has 3 nitrogen and oxygen atoms in total. The Morgan fingerprint density at radius 2 is 1.75 bits per heavy atom. The smallest absolute Gasteiger partial charge is 0.416 e. The topological polar surface area (TPSA) is 38.3 Å². The second-order valence-electron chi connectivity index (χ2n) is 5.97. The molecular formula is C18H14F3NO2. The monoisotopic (exact) mass is 333 g/mol. The maximum absolute atomic E-state index is 12.9. The molecule has 0 saturated heterocycles. The number of hydrogen-bond donors (Lipinski definition) is 1. The summed E-state index contributed by atoms with van der Waals surface area (Å²) in [6, 6.07) is 7.28. The van der Waals surface area contributed by atoms with Gasteiger partial charge in [0.05, 0.1) is 12.2 Å². The van der Waals surface area contributed by atoms with Gasteiger partial charge in [-0.3, -0.25) is 4.79 Å². The van der Waals surface area contributed by atoms with E-state index in [-0.39, 0.29) is 11.7 Å². The molecule has 0 unspecified atom stereocenters. The third-order valence-corrected chi connectivity index (χ3v) is 4.52. The Morgan fingerprint density at radius 3 is 2.54 bits per heavy atom. The van der Waals surface area contributed by atoms with Crippen LogP contribution in [0.4, 0.5) is 18.9 Å². The molecule has 0 fully saturated rings. The number of nitrogens with one attached hydrogen (secondary N) is 1. The Kier molecular flexibility index (Phi) is 3.30. The fourth-order valence-corrected chi connectivity index (χ4v) is 3.39. The van der Waals surface area contributed by atoms with Gasteiger partial charge in [-0.15, -0.1) is 0 Å². The van der Waals surface area contributed by atoms with Gasteiger partial charge < -0.3 is 10.1 Å². The van der Waals surface area contributed by atoms with E-state index in [1.165, 1.54) is 6.07 Å². The lowest BCUT2D eigenvalue weighted by atomic mass is 9.88. The van der Waals surface area contributed by atoms with Crippen LogP contribution in [0, 0.1) is 0 Å². The molecule has 1 N–H and O–H groups in total. The second-order valence-corrected chi connectivity index (χ2v) is 5.97. The van der Waals surface area contributed by atoms with E-state index in [9.17, 15) is 18.0 Å². The minimum absolute atomic E-state index is 0.0115. The average molecular weight is 333 g/mol. The average Bonchev–Trinajstić information content (AvgIpc) is 2.72. The molecule has 0 atom stereocenters. The maximum Gasteiger partial charge on any atom is 0.416 e. The van der Waals surface area contributed by atoms with Crippen molar-refractivity contribution in [1.82, 2.24) is 0 Å². The number of rotatable bonds is 0. The van der Waals surface area contributed by atoms with Gasteiger partial charge in [-0.1, -0.05) is 12.1 Å². The highest BCUT2D eigenvalue weighted by molar-refractivity contribution is 5.95. The van der Waals surface area contributed by atoms with Crippen LogP contribution in [0.25, 0.3) is 11.1 Å². The SMILES string of the molecule is O=C1CCc2c(ccc3c2CCOc2cc(C(F)(F)F)ccc2-3)N1. The number of benzene rings is 2. The molecule has 1 amide bonds. The van der Waals surface area contributed by atoms with Crippen LogP contribution in [-0.4, -0.2) is 12.5 Å². The van der Waals surface area contributed by atoms with Gasteiger partial charge in [0.1, 0.15) is 5.75 Å². The first-order chi connectivity index (χ1) is 11.4. The quantitative estimate of drug-likeness (QED) is 0.785. The minimum atomic E-state index is -4.40. The second kappa shape index (κ2) is 5.26. The molecule has 0 radical (unpaired) electrons. The number of amides is 1. The van der Waals surface area contributed by atoms with Crippen molar-refractivity contribution in [1.29, 1.82) is 0 Å². The third kappa shape index (κ3) is 2.42. The molecule has 2 aliphatic rings. The van der Waals surface area contributed by atoms with Crippen LogP contribution in [0.15, 0.2) is 30.3 Å². The van der Waals surface area contributed by atoms with Crippen molar-refractivity contribution < 1.29 is 22.7 Å². The first kappa shape index (κ1) is 15.1. The van der Waals surface area contributed by atoms with Gasteiger partial charge in [0, 0.05) is 24.1 Å². The number of fused-ring (bicyclic) bond motifs is 5. The molecular weight excluding hydrogens is 319 g/mol. The zero-order chi connectivity index (χ0) is 16.9. The highest BCUT2D eigenvalue weighted by Crippen LogP contribution is 2.42. The fourth-order valence-electron chi connectivity index (χ4n) is 3.39. The van der Waals surface area contributed by atoms with E-state index >= 15 is 0 Å². The first-order valence-electron chi connectivity index (χ1n) is 7.72. The summed E-state index contributed by atoms with van der Waals surface area (Å²) in [7, 11) is 0. The zero-order valence-electron chi connectivity index (χ0n) is 12.7. The summed E-state index contributed by atoms with van der Waals surface area (Å²) < 4.78 is 44.4. The number of hydrogen-bond acceptors (Lipinski definition) is 2. The van der Waals surface area contributed by atoms with Crippen molar-refractivity contribution in [2.75, 3.05) is 11.9 Å². The van der Waals surface area contributed by atoms with Crippen LogP contribution in [-0.2, 0) is 23.8 Å². The van der Waals surface area contributed by atoms with Crippen molar-refractivity contribution in [3.8, 4) is 16.9 Å². The highest BCUT2D eigenvalue weighted by Gasteiger charge is 2.32. The van der Waals surface area contributed by atoms with Crippen molar-refractivity contribution in [2.45, 2.75) is 25.4 Å². The molecule has 4 rings (SSSR count). The Balaban J connectivity index is 1.86. The molecule has 0 aromatic heterocycles. The van der Waals surface area contributed by atoms with Gasteiger partial charge >= 0.3 is 6.18 Å². The van der Waals surface area contributed by atoms with E-state index in [0.29, 0.717) is 31.4 Å². The predicted octanol–water partition coefficient (Wildman–Crippen LogP) is 4.19. The Bertz CT molecular complexity index is 843. The van der Waals surface area contributed by atoms with E-state index in [0.717, 1.165) is 34.5 Å². The number of carbonyl (C=O) groups is 1. The Labute approximate surface area is 136 Å². The summed E-state index contributed by atoms with van der Waals surface area (Å²) in [5, 5.41) is 2.85. The van der Waals surface area contributed by atoms with Crippen LogP contribution in [0.1, 0.15) is 23.1 Å². The Morgan fingerprint density at radius 1 is 0.958 bits per heavy atom. The molecule has 0 bridgehead atoms. The van der Waals surface area contributed by atoms with Crippen LogP contribution >= 0.6 is 0 Å². The molecule has 124 valence electrons. The standard InChI is InChI=1S/C18H14F3NO2/c19-18(20,21)10-1-2-14-11-3-5-15-13(4-6-17(23)22-15)12(11)7-8-24-16(14)9-10/h1-3,5,9H,4,6-8H2,(H,22,23). The molecule has 2 heterocycles. The number of ether oxygens (including phenoxy) is 1. The van der Waals surface area contributed by atoms with E-state index in [1.54, 1.807) is 0 Å². The van der Waals surface area contributed by atoms with E-state index in [1.807, 2.05) is 12.1 Å². The normalized spacial score (nSPS) is 16.2. The summed E-state index contributed by atoms with van der Waals surface area (Å²) in [4.78, 5) is 11.5. The van der Waals surface area contributed by atoms with Crippen LogP contribution in [0.2, 0.25) is 0 Å². The lowest BCUT2D eigenvalue weighted by Gasteiger charge is -2.21. The third-order valence-electron chi connectivity index (χ3n) is 4.52. The molecule has 24 heavy (non-hydrogen) atoms. The van der Waals surface area contributed by atoms with Gasteiger partial charge in [-0.05, 0) is 41.3 Å². The van der Waals surface area contributed by atoms with E-state index < -0.39 is 11.7 Å². The van der Waals surface area contributed by atoms with Crippen molar-refractivity contribution in [3.05, 3.63) is 47.0 Å². The van der Waals surface area contributed by atoms with Gasteiger partial charge in [-0.25, -0.2) is 0 Å². The molecule has 2 aliphatic heterocycles. The summed E-state index contributed by atoms with van der Waals surface area (Å²) in [6.45, 7) is 0.311. The lowest BCUT2D eigenvalue weighted by Crippen LogP contribution is -2.20. The molecule has 0 spiro atoms. The van der Waals surface area contributed by atoms with Crippen molar-refractivity contribution in [3.63, 3.8) is 0 Å². The molecule has 6 heteroatoms.